The van der Waals surface area contributed by atoms with Crippen molar-refractivity contribution in [3.8, 4) is 0 Å². The van der Waals surface area contributed by atoms with Crippen molar-refractivity contribution >= 4 is 16.0 Å². The van der Waals surface area contributed by atoms with Crippen molar-refractivity contribution in [1.29, 1.82) is 0 Å². The number of nitrogens with one attached hydrogen (secondary N) is 1. The predicted molar refractivity (Wildman–Crippen MR) is 93.8 cm³/mol. The molecule has 0 atom stereocenters. The Bertz CT molecular complexity index is 678. The van der Waals surface area contributed by atoms with E-state index in [0.717, 1.165) is 5.56 Å². The van der Waals surface area contributed by atoms with Gasteiger partial charge in [-0.05, 0) is 31.0 Å². The summed E-state index contributed by atoms with van der Waals surface area (Å²) in [5, 5.41) is 3.18. The fraction of sp³-hybridized carbons (Fsp3) is 0.562. The van der Waals surface area contributed by atoms with Crippen molar-refractivity contribution < 1.29 is 12.8 Å². The minimum Gasteiger partial charge on any atom is -0.357 e. The summed E-state index contributed by atoms with van der Waals surface area (Å²) in [4.78, 5) is 6.39. The summed E-state index contributed by atoms with van der Waals surface area (Å²) in [6.45, 7) is 4.56. The highest BCUT2D eigenvalue weighted by atomic mass is 32.2. The van der Waals surface area contributed by atoms with Gasteiger partial charge < -0.3 is 10.2 Å². The van der Waals surface area contributed by atoms with Gasteiger partial charge in [-0.2, -0.15) is 0 Å². The zero-order valence-corrected chi connectivity index (χ0v) is 15.0. The number of rotatable bonds is 6. The van der Waals surface area contributed by atoms with Gasteiger partial charge in [-0.25, -0.2) is 17.1 Å². The average Bonchev–Trinajstić information content (AvgIpc) is 2.85. The third-order valence-corrected chi connectivity index (χ3v) is 5.78. The zero-order chi connectivity index (χ0) is 17.6. The molecule has 1 aliphatic rings. The summed E-state index contributed by atoms with van der Waals surface area (Å²) < 4.78 is 38.4. The maximum absolute atomic E-state index is 13.3. The van der Waals surface area contributed by atoms with E-state index < -0.39 is 10.0 Å². The third-order valence-electron chi connectivity index (χ3n) is 3.82. The molecule has 1 N–H and O–H groups in total. The molecule has 1 aromatic carbocycles. The topological polar surface area (TPSA) is 65.0 Å². The first kappa shape index (κ1) is 18.7. The van der Waals surface area contributed by atoms with E-state index in [0.29, 0.717) is 45.1 Å². The highest BCUT2D eigenvalue weighted by Gasteiger charge is 2.27. The molecule has 6 nitrogen and oxygen atoms in total. The Morgan fingerprint density at radius 2 is 2.25 bits per heavy atom. The lowest BCUT2D eigenvalue weighted by molar-refractivity contribution is 0.445. The molecule has 0 spiro atoms. The first-order valence-electron chi connectivity index (χ1n) is 8.14. The average molecular weight is 356 g/mol. The van der Waals surface area contributed by atoms with E-state index in [4.69, 9.17) is 0 Å². The molecular formula is C16H25FN4O2S. The summed E-state index contributed by atoms with van der Waals surface area (Å²) in [6, 6.07) is 6.46. The Balaban J connectivity index is 1.96. The van der Waals surface area contributed by atoms with E-state index in [1.54, 1.807) is 6.07 Å². The van der Waals surface area contributed by atoms with Crippen molar-refractivity contribution in [3.63, 3.8) is 0 Å². The van der Waals surface area contributed by atoms with Gasteiger partial charge in [0.05, 0.1) is 12.3 Å². The first-order chi connectivity index (χ1) is 11.4. The molecule has 0 aliphatic carbocycles. The molecular weight excluding hydrogens is 331 g/mol. The second-order valence-electron chi connectivity index (χ2n) is 5.79. The maximum Gasteiger partial charge on any atom is 0.214 e. The largest absolute Gasteiger partial charge is 0.357 e. The van der Waals surface area contributed by atoms with Crippen LogP contribution in [0.5, 0.6) is 0 Å². The number of nitrogens with zero attached hydrogens (tertiary/aromatic N) is 3. The molecule has 0 bridgehead atoms. The molecule has 2 rings (SSSR count). The van der Waals surface area contributed by atoms with E-state index in [-0.39, 0.29) is 11.6 Å². The Morgan fingerprint density at radius 3 is 2.88 bits per heavy atom. The van der Waals surface area contributed by atoms with E-state index in [1.807, 2.05) is 24.9 Å². The molecule has 0 amide bonds. The molecule has 1 aromatic rings. The minimum absolute atomic E-state index is 0.232. The van der Waals surface area contributed by atoms with Crippen molar-refractivity contribution in [3.05, 3.63) is 35.6 Å². The van der Waals surface area contributed by atoms with Crippen LogP contribution in [0.3, 0.4) is 0 Å². The first-order valence-corrected chi connectivity index (χ1v) is 9.75. The lowest BCUT2D eigenvalue weighted by Gasteiger charge is -2.22. The third kappa shape index (κ3) is 5.17. The normalized spacial score (nSPS) is 17.9. The number of hydrogen-bond acceptors (Lipinski definition) is 3. The van der Waals surface area contributed by atoms with Crippen molar-refractivity contribution in [2.45, 2.75) is 19.9 Å². The number of sulfonamides is 1. The molecule has 0 unspecified atom stereocenters. The van der Waals surface area contributed by atoms with Crippen LogP contribution in [0, 0.1) is 5.82 Å². The molecule has 24 heavy (non-hydrogen) atoms. The highest BCUT2D eigenvalue weighted by Crippen LogP contribution is 2.12. The van der Waals surface area contributed by atoms with Crippen LogP contribution < -0.4 is 5.32 Å². The summed E-state index contributed by atoms with van der Waals surface area (Å²) in [5.74, 6) is 0.649. The molecule has 8 heteroatoms. The molecule has 1 fully saturated rings. The second-order valence-corrected chi connectivity index (χ2v) is 7.88. The number of hydrogen-bond donors (Lipinski definition) is 1. The lowest BCUT2D eigenvalue weighted by Crippen LogP contribution is -2.39. The SMILES string of the molecule is CCNC(=NCCN1CCCS1(=O)=O)N(C)Cc1cccc(F)c1. The van der Waals surface area contributed by atoms with Crippen LogP contribution in [-0.2, 0) is 16.6 Å². The van der Waals surface area contributed by atoms with Crippen LogP contribution in [0.15, 0.2) is 29.3 Å². The monoisotopic (exact) mass is 356 g/mol. The Kier molecular flexibility index (Phi) is 6.56. The van der Waals surface area contributed by atoms with Crippen molar-refractivity contribution in [2.75, 3.05) is 39.0 Å². The zero-order valence-electron chi connectivity index (χ0n) is 14.2. The maximum atomic E-state index is 13.3. The molecule has 1 heterocycles. The Labute approximate surface area is 143 Å². The molecule has 0 aromatic heterocycles. The summed E-state index contributed by atoms with van der Waals surface area (Å²) in [6.07, 6.45) is 0.686. The summed E-state index contributed by atoms with van der Waals surface area (Å²) in [5.41, 5.74) is 0.852. The van der Waals surface area contributed by atoms with Crippen LogP contribution in [0.1, 0.15) is 18.9 Å². The summed E-state index contributed by atoms with van der Waals surface area (Å²) in [7, 11) is -1.21. The van der Waals surface area contributed by atoms with Crippen molar-refractivity contribution in [1.82, 2.24) is 14.5 Å². The van der Waals surface area contributed by atoms with E-state index >= 15 is 0 Å². The lowest BCUT2D eigenvalue weighted by atomic mass is 10.2. The van der Waals surface area contributed by atoms with Gasteiger partial charge in [0, 0.05) is 33.2 Å². The number of guanidine groups is 1. The van der Waals surface area contributed by atoms with Crippen LogP contribution in [0.25, 0.3) is 0 Å². The molecule has 0 saturated carbocycles. The van der Waals surface area contributed by atoms with Gasteiger partial charge in [0.15, 0.2) is 5.96 Å². The molecule has 1 saturated heterocycles. The summed E-state index contributed by atoms with van der Waals surface area (Å²) >= 11 is 0. The van der Waals surface area contributed by atoms with Crippen LogP contribution in [0.4, 0.5) is 4.39 Å². The molecule has 0 radical (unpaired) electrons. The molecule has 1 aliphatic heterocycles. The van der Waals surface area contributed by atoms with Crippen LogP contribution in [0.2, 0.25) is 0 Å². The second kappa shape index (κ2) is 8.43. The van der Waals surface area contributed by atoms with E-state index in [1.165, 1.54) is 16.4 Å². The number of halogens is 1. The highest BCUT2D eigenvalue weighted by molar-refractivity contribution is 7.89. The fourth-order valence-electron chi connectivity index (χ4n) is 2.66. The number of benzene rings is 1. The fourth-order valence-corrected chi connectivity index (χ4v) is 4.18. The van der Waals surface area contributed by atoms with Gasteiger partial charge in [-0.3, -0.25) is 4.99 Å². The van der Waals surface area contributed by atoms with Gasteiger partial charge in [0.2, 0.25) is 10.0 Å². The van der Waals surface area contributed by atoms with E-state index in [2.05, 4.69) is 10.3 Å². The Hall–Kier alpha value is -1.67. The quantitative estimate of drug-likeness (QED) is 0.616. The molecule has 134 valence electrons. The minimum atomic E-state index is -3.08. The van der Waals surface area contributed by atoms with Gasteiger partial charge >= 0.3 is 0 Å². The number of aliphatic imine (C=N–C) groups is 1. The van der Waals surface area contributed by atoms with Crippen LogP contribution >= 0.6 is 0 Å². The van der Waals surface area contributed by atoms with Gasteiger partial charge in [-0.15, -0.1) is 0 Å². The Morgan fingerprint density at radius 1 is 1.46 bits per heavy atom. The van der Waals surface area contributed by atoms with Gasteiger partial charge in [0.1, 0.15) is 5.82 Å². The van der Waals surface area contributed by atoms with Crippen LogP contribution in [-0.4, -0.2) is 62.6 Å². The standard InChI is InChI=1S/C16H25FN4O2S/c1-3-18-16(19-8-10-21-9-5-11-24(21,22)23)20(2)13-14-6-4-7-15(17)12-14/h4,6-7,12H,3,5,8-11,13H2,1-2H3,(H,18,19). The van der Waals surface area contributed by atoms with Gasteiger partial charge in [-0.1, -0.05) is 12.1 Å². The van der Waals surface area contributed by atoms with Gasteiger partial charge in [0.25, 0.3) is 0 Å². The van der Waals surface area contributed by atoms with Crippen molar-refractivity contribution in [2.24, 2.45) is 4.99 Å². The smallest absolute Gasteiger partial charge is 0.214 e. The predicted octanol–water partition coefficient (Wildman–Crippen LogP) is 1.26. The van der Waals surface area contributed by atoms with E-state index in [9.17, 15) is 12.8 Å².